The van der Waals surface area contributed by atoms with E-state index in [0.29, 0.717) is 6.41 Å². The number of carboxylic acids is 1. The lowest BCUT2D eigenvalue weighted by Crippen LogP contribution is -2.39. The van der Waals surface area contributed by atoms with Crippen LogP contribution < -0.4 is 5.32 Å². The molecule has 0 aromatic rings. The van der Waals surface area contributed by atoms with Crippen LogP contribution in [0.1, 0.15) is 13.8 Å². The summed E-state index contributed by atoms with van der Waals surface area (Å²) in [6.45, 7) is 3.46. The molecule has 0 aromatic carbocycles. The van der Waals surface area contributed by atoms with Crippen LogP contribution in [0, 0.1) is 5.92 Å². The van der Waals surface area contributed by atoms with Crippen LogP contribution in [-0.2, 0) is 9.59 Å². The number of carbonyl (C=O) groups excluding carboxylic acids is 1. The lowest BCUT2D eigenvalue weighted by Gasteiger charge is -2.13. The number of hydrogen-bond donors (Lipinski definition) is 2. The zero-order valence-electron chi connectivity index (χ0n) is 6.40. The highest BCUT2D eigenvalue weighted by Gasteiger charge is 2.19. The van der Waals surface area contributed by atoms with Crippen molar-refractivity contribution in [3.05, 3.63) is 0 Å². The van der Waals surface area contributed by atoms with E-state index in [4.69, 9.17) is 5.11 Å². The molecule has 0 rings (SSSR count). The number of aliphatic carboxylic acids is 1. The first-order valence-corrected chi connectivity index (χ1v) is 3.02. The molecule has 1 amide bonds. The fourth-order valence-corrected chi connectivity index (χ4v) is 0.622. The number of carboxylic acid groups (broad SMARTS) is 1. The Morgan fingerprint density at radius 3 is 2.09 bits per heavy atom. The van der Waals surface area contributed by atoms with E-state index in [9.17, 15) is 9.59 Å². The van der Waals surface area contributed by atoms with Crippen molar-refractivity contribution in [1.82, 2.24) is 5.32 Å². The van der Waals surface area contributed by atoms with Crippen molar-refractivity contribution in [2.24, 2.45) is 5.92 Å². The van der Waals surface area contributed by atoms with Crippen LogP contribution >= 0.6 is 12.4 Å². The molecule has 1 atom stereocenters. The molecule has 0 unspecified atom stereocenters. The van der Waals surface area contributed by atoms with Crippen molar-refractivity contribution < 1.29 is 14.7 Å². The highest BCUT2D eigenvalue weighted by molar-refractivity contribution is 5.85. The first kappa shape index (κ1) is 12.9. The van der Waals surface area contributed by atoms with E-state index in [0.717, 1.165) is 0 Å². The van der Waals surface area contributed by atoms with Crippen LogP contribution in [0.4, 0.5) is 0 Å². The Bertz CT molecular complexity index is 138. The SMILES string of the molecule is CC(C)[C@H](NC=O)C(=O)O.Cl. The second-order valence-corrected chi connectivity index (χ2v) is 2.34. The van der Waals surface area contributed by atoms with Gasteiger partial charge in [0.15, 0.2) is 0 Å². The highest BCUT2D eigenvalue weighted by Crippen LogP contribution is 1.99. The van der Waals surface area contributed by atoms with Gasteiger partial charge in [-0.15, -0.1) is 12.4 Å². The summed E-state index contributed by atoms with van der Waals surface area (Å²) >= 11 is 0. The molecule has 0 aliphatic rings. The first-order valence-electron chi connectivity index (χ1n) is 3.02. The summed E-state index contributed by atoms with van der Waals surface area (Å²) in [5.41, 5.74) is 0. The molecule has 4 nitrogen and oxygen atoms in total. The topological polar surface area (TPSA) is 66.4 Å². The van der Waals surface area contributed by atoms with Gasteiger partial charge in [0.25, 0.3) is 0 Å². The standard InChI is InChI=1S/C6H11NO3.ClH/c1-4(2)5(6(9)10)7-3-8;/h3-5H,1-2H3,(H,7,8)(H,9,10);1H/t5-;/m0./s1. The lowest BCUT2D eigenvalue weighted by atomic mass is 10.1. The first-order chi connectivity index (χ1) is 4.59. The van der Waals surface area contributed by atoms with Gasteiger partial charge >= 0.3 is 5.97 Å². The number of nitrogens with one attached hydrogen (secondary N) is 1. The van der Waals surface area contributed by atoms with Crippen LogP contribution in [0.2, 0.25) is 0 Å². The average Bonchev–Trinajstić information content (AvgIpc) is 1.81. The largest absolute Gasteiger partial charge is 0.480 e. The number of carbonyl (C=O) groups is 2. The minimum atomic E-state index is -0.998. The summed E-state index contributed by atoms with van der Waals surface area (Å²) in [4.78, 5) is 20.2. The quantitative estimate of drug-likeness (QED) is 0.612. The maximum Gasteiger partial charge on any atom is 0.326 e. The van der Waals surface area contributed by atoms with Gasteiger partial charge in [0.05, 0.1) is 0 Å². The van der Waals surface area contributed by atoms with E-state index in [2.05, 4.69) is 5.32 Å². The highest BCUT2D eigenvalue weighted by atomic mass is 35.5. The minimum absolute atomic E-state index is 0. The summed E-state index contributed by atoms with van der Waals surface area (Å²) < 4.78 is 0. The molecule has 0 aliphatic heterocycles. The predicted octanol–water partition coefficient (Wildman–Crippen LogP) is 0.263. The van der Waals surface area contributed by atoms with Crippen molar-refractivity contribution in [2.75, 3.05) is 0 Å². The van der Waals surface area contributed by atoms with Gasteiger partial charge in [-0.25, -0.2) is 4.79 Å². The van der Waals surface area contributed by atoms with Crippen LogP contribution in [0.25, 0.3) is 0 Å². The van der Waals surface area contributed by atoms with E-state index < -0.39 is 12.0 Å². The molecular weight excluding hydrogens is 170 g/mol. The number of hydrogen-bond acceptors (Lipinski definition) is 2. The molecule has 0 saturated carbocycles. The summed E-state index contributed by atoms with van der Waals surface area (Å²) in [6.07, 6.45) is 0.402. The maximum atomic E-state index is 10.3. The van der Waals surface area contributed by atoms with Crippen LogP contribution in [-0.4, -0.2) is 23.5 Å². The van der Waals surface area contributed by atoms with Crippen LogP contribution in [0.3, 0.4) is 0 Å². The van der Waals surface area contributed by atoms with E-state index in [1.54, 1.807) is 13.8 Å². The molecule has 2 N–H and O–H groups in total. The van der Waals surface area contributed by atoms with Gasteiger partial charge in [-0.1, -0.05) is 13.8 Å². The summed E-state index contributed by atoms with van der Waals surface area (Å²) in [6, 6.07) is -0.766. The molecule has 0 bridgehead atoms. The van der Waals surface area contributed by atoms with E-state index in [1.807, 2.05) is 0 Å². The van der Waals surface area contributed by atoms with Crippen molar-refractivity contribution >= 4 is 24.8 Å². The second kappa shape index (κ2) is 5.97. The van der Waals surface area contributed by atoms with Crippen LogP contribution in [0.5, 0.6) is 0 Å². The normalized spacial score (nSPS) is 11.5. The predicted molar refractivity (Wildman–Crippen MR) is 42.7 cm³/mol. The van der Waals surface area contributed by atoms with Crippen molar-refractivity contribution in [1.29, 1.82) is 0 Å². The fraction of sp³-hybridized carbons (Fsp3) is 0.667. The average molecular weight is 182 g/mol. The molecule has 0 heterocycles. The van der Waals surface area contributed by atoms with Crippen molar-refractivity contribution in [3.63, 3.8) is 0 Å². The molecular formula is C6H12ClNO3. The van der Waals surface area contributed by atoms with Gasteiger partial charge in [-0.05, 0) is 5.92 Å². The third kappa shape index (κ3) is 4.61. The van der Waals surface area contributed by atoms with Crippen molar-refractivity contribution in [3.8, 4) is 0 Å². The molecule has 0 fully saturated rings. The molecule has 0 saturated heterocycles. The van der Waals surface area contributed by atoms with Gasteiger partial charge in [0.2, 0.25) is 6.41 Å². The van der Waals surface area contributed by atoms with Gasteiger partial charge in [-0.3, -0.25) is 4.79 Å². The minimum Gasteiger partial charge on any atom is -0.480 e. The Morgan fingerprint density at radius 2 is 2.00 bits per heavy atom. The van der Waals surface area contributed by atoms with Gasteiger partial charge in [0, 0.05) is 0 Å². The molecule has 0 radical (unpaired) electrons. The van der Waals surface area contributed by atoms with Crippen LogP contribution in [0.15, 0.2) is 0 Å². The zero-order valence-corrected chi connectivity index (χ0v) is 7.22. The third-order valence-electron chi connectivity index (χ3n) is 1.18. The van der Waals surface area contributed by atoms with Gasteiger partial charge < -0.3 is 10.4 Å². The van der Waals surface area contributed by atoms with Gasteiger partial charge in [0.1, 0.15) is 6.04 Å². The molecule has 0 aliphatic carbocycles. The fourth-order valence-electron chi connectivity index (χ4n) is 0.622. The second-order valence-electron chi connectivity index (χ2n) is 2.34. The summed E-state index contributed by atoms with van der Waals surface area (Å²) in [5, 5.41) is 10.7. The Hall–Kier alpha value is -0.770. The van der Waals surface area contributed by atoms with E-state index in [-0.39, 0.29) is 18.3 Å². The Balaban J connectivity index is 0. The Morgan fingerprint density at radius 1 is 1.55 bits per heavy atom. The number of amides is 1. The third-order valence-corrected chi connectivity index (χ3v) is 1.18. The summed E-state index contributed by atoms with van der Waals surface area (Å²) in [7, 11) is 0. The smallest absolute Gasteiger partial charge is 0.326 e. The number of halogens is 1. The maximum absolute atomic E-state index is 10.3. The monoisotopic (exact) mass is 181 g/mol. The van der Waals surface area contributed by atoms with E-state index >= 15 is 0 Å². The zero-order chi connectivity index (χ0) is 8.15. The van der Waals surface area contributed by atoms with Gasteiger partial charge in [-0.2, -0.15) is 0 Å². The molecule has 11 heavy (non-hydrogen) atoms. The Kier molecular flexibility index (Phi) is 6.99. The Labute approximate surface area is 71.4 Å². The summed E-state index contributed by atoms with van der Waals surface area (Å²) in [5.74, 6) is -1.08. The molecule has 0 aromatic heterocycles. The lowest BCUT2D eigenvalue weighted by molar-refractivity contribution is -0.141. The van der Waals surface area contributed by atoms with E-state index in [1.165, 1.54) is 0 Å². The number of rotatable bonds is 4. The molecule has 5 heteroatoms. The van der Waals surface area contributed by atoms with Crippen molar-refractivity contribution in [2.45, 2.75) is 19.9 Å². The molecule has 0 spiro atoms. The molecule has 66 valence electrons.